The quantitative estimate of drug-likeness (QED) is 0.710. The van der Waals surface area contributed by atoms with Gasteiger partial charge in [0.05, 0.1) is 19.6 Å². The molecule has 0 bridgehead atoms. The van der Waals surface area contributed by atoms with Crippen LogP contribution >= 0.6 is 23.2 Å². The monoisotopic (exact) mass is 324 g/mol. The largest absolute Gasteiger partial charge is 0.493 e. The number of aryl methyl sites for hydroxylation is 2. The molecule has 0 saturated heterocycles. The Balaban J connectivity index is 2.45. The third-order valence-corrected chi connectivity index (χ3v) is 4.41. The van der Waals surface area contributed by atoms with Crippen molar-refractivity contribution < 1.29 is 9.47 Å². The van der Waals surface area contributed by atoms with E-state index in [1.54, 1.807) is 14.2 Å². The second-order valence-electron chi connectivity index (χ2n) is 4.93. The number of benzene rings is 2. The zero-order valence-electron chi connectivity index (χ0n) is 12.5. The SMILES string of the molecule is COc1ccc(C(Cl)c2cc(C)c(Cl)cc2C)cc1OC. The van der Waals surface area contributed by atoms with Gasteiger partial charge in [0.2, 0.25) is 0 Å². The van der Waals surface area contributed by atoms with Gasteiger partial charge in [0.15, 0.2) is 11.5 Å². The summed E-state index contributed by atoms with van der Waals surface area (Å²) < 4.78 is 10.6. The van der Waals surface area contributed by atoms with Gasteiger partial charge in [0, 0.05) is 5.02 Å². The van der Waals surface area contributed by atoms with Gasteiger partial charge in [-0.2, -0.15) is 0 Å². The van der Waals surface area contributed by atoms with E-state index < -0.39 is 0 Å². The van der Waals surface area contributed by atoms with E-state index in [1.807, 2.05) is 44.2 Å². The number of halogens is 2. The van der Waals surface area contributed by atoms with Crippen LogP contribution in [-0.2, 0) is 0 Å². The van der Waals surface area contributed by atoms with E-state index in [-0.39, 0.29) is 5.38 Å². The van der Waals surface area contributed by atoms with Crippen molar-refractivity contribution in [3.63, 3.8) is 0 Å². The van der Waals surface area contributed by atoms with Crippen molar-refractivity contribution in [1.29, 1.82) is 0 Å². The Morgan fingerprint density at radius 2 is 1.57 bits per heavy atom. The highest BCUT2D eigenvalue weighted by molar-refractivity contribution is 6.31. The highest BCUT2D eigenvalue weighted by atomic mass is 35.5. The molecular formula is C17H18Cl2O2. The zero-order valence-corrected chi connectivity index (χ0v) is 14.0. The second-order valence-corrected chi connectivity index (χ2v) is 5.78. The number of ether oxygens (including phenoxy) is 2. The lowest BCUT2D eigenvalue weighted by Crippen LogP contribution is -1.99. The number of methoxy groups -OCH3 is 2. The summed E-state index contributed by atoms with van der Waals surface area (Å²) in [6.07, 6.45) is 0. The van der Waals surface area contributed by atoms with Crippen molar-refractivity contribution in [2.75, 3.05) is 14.2 Å². The second kappa shape index (κ2) is 6.59. The molecular weight excluding hydrogens is 307 g/mol. The van der Waals surface area contributed by atoms with Crippen LogP contribution < -0.4 is 9.47 Å². The van der Waals surface area contributed by atoms with E-state index >= 15 is 0 Å². The van der Waals surface area contributed by atoms with E-state index in [0.29, 0.717) is 11.5 Å². The van der Waals surface area contributed by atoms with E-state index in [4.69, 9.17) is 32.7 Å². The Morgan fingerprint density at radius 3 is 2.19 bits per heavy atom. The third-order valence-electron chi connectivity index (χ3n) is 3.52. The normalized spacial score (nSPS) is 12.1. The Hall–Kier alpha value is -1.38. The van der Waals surface area contributed by atoms with Gasteiger partial charge in [-0.1, -0.05) is 23.7 Å². The van der Waals surface area contributed by atoms with Crippen molar-refractivity contribution in [3.05, 3.63) is 57.6 Å². The molecule has 0 N–H and O–H groups in total. The van der Waals surface area contributed by atoms with Crippen LogP contribution in [0, 0.1) is 13.8 Å². The Morgan fingerprint density at radius 1 is 0.905 bits per heavy atom. The molecule has 0 fully saturated rings. The minimum atomic E-state index is -0.263. The molecule has 112 valence electrons. The van der Waals surface area contributed by atoms with E-state index in [9.17, 15) is 0 Å². The summed E-state index contributed by atoms with van der Waals surface area (Å²) in [6.45, 7) is 3.99. The van der Waals surface area contributed by atoms with Gasteiger partial charge in [0.1, 0.15) is 0 Å². The standard InChI is InChI=1S/C17H18Cl2O2/c1-10-8-14(18)11(2)7-13(10)17(19)12-5-6-15(20-3)16(9-12)21-4/h5-9,17H,1-4H3. The first-order chi connectivity index (χ1) is 9.97. The molecule has 2 rings (SSSR count). The molecule has 0 saturated carbocycles. The van der Waals surface area contributed by atoms with Crippen molar-refractivity contribution >= 4 is 23.2 Å². The molecule has 0 spiro atoms. The Kier molecular flexibility index (Phi) is 5.02. The summed E-state index contributed by atoms with van der Waals surface area (Å²) in [5.74, 6) is 1.36. The van der Waals surface area contributed by atoms with Gasteiger partial charge < -0.3 is 9.47 Å². The van der Waals surface area contributed by atoms with Crippen LogP contribution in [0.5, 0.6) is 11.5 Å². The average Bonchev–Trinajstić information content (AvgIpc) is 2.49. The molecule has 0 aliphatic heterocycles. The van der Waals surface area contributed by atoms with Crippen molar-refractivity contribution in [2.45, 2.75) is 19.2 Å². The third kappa shape index (κ3) is 3.28. The molecule has 1 atom stereocenters. The van der Waals surface area contributed by atoms with Crippen LogP contribution in [0.3, 0.4) is 0 Å². The summed E-state index contributed by atoms with van der Waals surface area (Å²) in [7, 11) is 3.23. The van der Waals surface area contributed by atoms with Crippen LogP contribution in [0.25, 0.3) is 0 Å². The summed E-state index contributed by atoms with van der Waals surface area (Å²) in [6, 6.07) is 9.69. The zero-order chi connectivity index (χ0) is 15.6. The van der Waals surface area contributed by atoms with Gasteiger partial charge in [-0.05, 0) is 54.3 Å². The number of rotatable bonds is 4. The van der Waals surface area contributed by atoms with Gasteiger partial charge in [-0.15, -0.1) is 11.6 Å². The van der Waals surface area contributed by atoms with Crippen molar-refractivity contribution in [2.24, 2.45) is 0 Å². The fraction of sp³-hybridized carbons (Fsp3) is 0.294. The van der Waals surface area contributed by atoms with Crippen molar-refractivity contribution in [1.82, 2.24) is 0 Å². The summed E-state index contributed by atoms with van der Waals surface area (Å²) in [5.41, 5.74) is 4.09. The molecule has 0 heterocycles. The lowest BCUT2D eigenvalue weighted by Gasteiger charge is -2.17. The predicted octanol–water partition coefficient (Wildman–Crippen LogP) is 5.30. The van der Waals surface area contributed by atoms with Crippen LogP contribution in [0.4, 0.5) is 0 Å². The first-order valence-corrected chi connectivity index (χ1v) is 7.42. The van der Waals surface area contributed by atoms with Crippen molar-refractivity contribution in [3.8, 4) is 11.5 Å². The maximum Gasteiger partial charge on any atom is 0.161 e. The van der Waals surface area contributed by atoms with Crippen LogP contribution in [0.2, 0.25) is 5.02 Å². The van der Waals surface area contributed by atoms with E-state index in [1.165, 1.54) is 0 Å². The smallest absolute Gasteiger partial charge is 0.161 e. The topological polar surface area (TPSA) is 18.5 Å². The molecule has 21 heavy (non-hydrogen) atoms. The number of alkyl halides is 1. The number of hydrogen-bond donors (Lipinski definition) is 0. The minimum absolute atomic E-state index is 0.263. The lowest BCUT2D eigenvalue weighted by atomic mass is 9.98. The number of hydrogen-bond acceptors (Lipinski definition) is 2. The molecule has 1 unspecified atom stereocenters. The van der Waals surface area contributed by atoms with Gasteiger partial charge in [-0.25, -0.2) is 0 Å². The fourth-order valence-electron chi connectivity index (χ4n) is 2.27. The molecule has 0 radical (unpaired) electrons. The van der Waals surface area contributed by atoms with E-state index in [0.717, 1.165) is 27.3 Å². The highest BCUT2D eigenvalue weighted by Crippen LogP contribution is 2.37. The lowest BCUT2D eigenvalue weighted by molar-refractivity contribution is 0.354. The Labute approximate surface area is 135 Å². The molecule has 2 aromatic carbocycles. The van der Waals surface area contributed by atoms with E-state index in [2.05, 4.69) is 0 Å². The van der Waals surface area contributed by atoms with Crippen LogP contribution in [-0.4, -0.2) is 14.2 Å². The summed E-state index contributed by atoms with van der Waals surface area (Å²) in [4.78, 5) is 0. The van der Waals surface area contributed by atoms with Crippen LogP contribution in [0.15, 0.2) is 30.3 Å². The Bertz CT molecular complexity index is 653. The minimum Gasteiger partial charge on any atom is -0.493 e. The molecule has 2 aromatic rings. The molecule has 4 heteroatoms. The fourth-order valence-corrected chi connectivity index (χ4v) is 2.86. The van der Waals surface area contributed by atoms with Gasteiger partial charge in [-0.3, -0.25) is 0 Å². The molecule has 0 aliphatic carbocycles. The first-order valence-electron chi connectivity index (χ1n) is 6.60. The van der Waals surface area contributed by atoms with Gasteiger partial charge in [0.25, 0.3) is 0 Å². The van der Waals surface area contributed by atoms with Crippen LogP contribution in [0.1, 0.15) is 27.6 Å². The average molecular weight is 325 g/mol. The maximum atomic E-state index is 6.65. The summed E-state index contributed by atoms with van der Waals surface area (Å²) >= 11 is 12.8. The molecule has 0 amide bonds. The molecule has 2 nitrogen and oxygen atoms in total. The maximum absolute atomic E-state index is 6.65. The predicted molar refractivity (Wildman–Crippen MR) is 88.2 cm³/mol. The highest BCUT2D eigenvalue weighted by Gasteiger charge is 2.17. The summed E-state index contributed by atoms with van der Waals surface area (Å²) in [5, 5.41) is 0.494. The van der Waals surface area contributed by atoms with Gasteiger partial charge >= 0.3 is 0 Å². The molecule has 0 aromatic heterocycles. The first kappa shape index (κ1) is 16.0. The molecule has 0 aliphatic rings.